The minimum atomic E-state index is -0.785. The van der Waals surface area contributed by atoms with Gasteiger partial charge in [0.15, 0.2) is 0 Å². The van der Waals surface area contributed by atoms with E-state index in [1.165, 1.54) is 0 Å². The van der Waals surface area contributed by atoms with Crippen molar-refractivity contribution in [2.75, 3.05) is 32.7 Å². The Bertz CT molecular complexity index is 194. The van der Waals surface area contributed by atoms with Crippen LogP contribution in [-0.2, 0) is 4.79 Å². The van der Waals surface area contributed by atoms with E-state index in [0.29, 0.717) is 39.1 Å². The van der Waals surface area contributed by atoms with Crippen molar-refractivity contribution in [2.24, 2.45) is 17.2 Å². The number of aliphatic carboxylic acids is 1. The zero-order valence-electron chi connectivity index (χ0n) is 10.5. The van der Waals surface area contributed by atoms with Crippen molar-refractivity contribution in [1.29, 1.82) is 0 Å². The third-order valence-corrected chi connectivity index (χ3v) is 2.71. The molecule has 0 aliphatic rings. The molecule has 0 saturated heterocycles. The average Bonchev–Trinajstić information content (AvgIpc) is 2.31. The lowest BCUT2D eigenvalue weighted by Gasteiger charge is -2.28. The largest absolute Gasteiger partial charge is 0.480 e. The van der Waals surface area contributed by atoms with Crippen LogP contribution in [0.2, 0.25) is 0 Å². The van der Waals surface area contributed by atoms with E-state index in [4.69, 9.17) is 17.2 Å². The number of hydrogen-bond donors (Lipinski definition) is 4. The van der Waals surface area contributed by atoms with Crippen molar-refractivity contribution in [2.45, 2.75) is 31.7 Å². The SMILES string of the molecule is NCCC[C@@H](C(=O)O)N(CCCN)CCCN. The summed E-state index contributed by atoms with van der Waals surface area (Å²) in [5.41, 5.74) is 16.4. The first kappa shape index (κ1) is 16.3. The van der Waals surface area contributed by atoms with Crippen LogP contribution in [0.25, 0.3) is 0 Å². The smallest absolute Gasteiger partial charge is 0.320 e. The van der Waals surface area contributed by atoms with Crippen molar-refractivity contribution in [1.82, 2.24) is 4.90 Å². The number of nitrogens with two attached hydrogens (primary N) is 3. The molecule has 0 bridgehead atoms. The second kappa shape index (κ2) is 10.5. The summed E-state index contributed by atoms with van der Waals surface area (Å²) < 4.78 is 0. The van der Waals surface area contributed by atoms with Gasteiger partial charge < -0.3 is 22.3 Å². The van der Waals surface area contributed by atoms with Crippen molar-refractivity contribution >= 4 is 5.97 Å². The third kappa shape index (κ3) is 7.27. The highest BCUT2D eigenvalue weighted by Crippen LogP contribution is 2.09. The molecule has 102 valence electrons. The van der Waals surface area contributed by atoms with Gasteiger partial charge in [-0.2, -0.15) is 0 Å². The Morgan fingerprint density at radius 1 is 1.00 bits per heavy atom. The van der Waals surface area contributed by atoms with E-state index in [1.54, 1.807) is 0 Å². The van der Waals surface area contributed by atoms with E-state index in [-0.39, 0.29) is 0 Å². The first-order valence-corrected chi connectivity index (χ1v) is 6.24. The summed E-state index contributed by atoms with van der Waals surface area (Å²) in [4.78, 5) is 13.2. The van der Waals surface area contributed by atoms with E-state index in [2.05, 4.69) is 0 Å². The molecule has 0 rings (SSSR count). The van der Waals surface area contributed by atoms with Crippen LogP contribution in [0.5, 0.6) is 0 Å². The maximum atomic E-state index is 11.2. The van der Waals surface area contributed by atoms with Gasteiger partial charge >= 0.3 is 5.97 Å². The fourth-order valence-electron chi connectivity index (χ4n) is 1.79. The van der Waals surface area contributed by atoms with Crippen LogP contribution in [0.4, 0.5) is 0 Å². The second-order valence-corrected chi connectivity index (χ2v) is 4.11. The Morgan fingerprint density at radius 2 is 1.47 bits per heavy atom. The zero-order chi connectivity index (χ0) is 13.1. The fraction of sp³-hybridized carbons (Fsp3) is 0.909. The summed E-state index contributed by atoms with van der Waals surface area (Å²) in [7, 11) is 0. The maximum absolute atomic E-state index is 11.2. The second-order valence-electron chi connectivity index (χ2n) is 4.11. The molecular weight excluding hydrogens is 220 g/mol. The van der Waals surface area contributed by atoms with Gasteiger partial charge in [0.25, 0.3) is 0 Å². The molecule has 0 fully saturated rings. The summed E-state index contributed by atoms with van der Waals surface area (Å²) in [6, 6.07) is -0.461. The molecule has 1 atom stereocenters. The Hall–Kier alpha value is -0.690. The van der Waals surface area contributed by atoms with E-state index in [9.17, 15) is 9.90 Å². The van der Waals surface area contributed by atoms with Crippen LogP contribution in [0.15, 0.2) is 0 Å². The van der Waals surface area contributed by atoms with Crippen LogP contribution in [0, 0.1) is 0 Å². The van der Waals surface area contributed by atoms with Crippen molar-refractivity contribution < 1.29 is 9.90 Å². The number of nitrogens with zero attached hydrogens (tertiary/aromatic N) is 1. The van der Waals surface area contributed by atoms with Gasteiger partial charge in [-0.3, -0.25) is 9.69 Å². The molecule has 7 N–H and O–H groups in total. The highest BCUT2D eigenvalue weighted by molar-refractivity contribution is 5.73. The van der Waals surface area contributed by atoms with Crippen molar-refractivity contribution in [3.05, 3.63) is 0 Å². The Morgan fingerprint density at radius 3 is 1.82 bits per heavy atom. The van der Waals surface area contributed by atoms with Crippen molar-refractivity contribution in [3.8, 4) is 0 Å². The molecule has 0 aromatic carbocycles. The van der Waals surface area contributed by atoms with E-state index < -0.39 is 12.0 Å². The number of carbonyl (C=O) groups is 1. The molecular formula is C11H26N4O2. The third-order valence-electron chi connectivity index (χ3n) is 2.71. The van der Waals surface area contributed by atoms with Gasteiger partial charge in [0.05, 0.1) is 0 Å². The van der Waals surface area contributed by atoms with Gasteiger partial charge in [-0.05, 0) is 45.3 Å². The van der Waals surface area contributed by atoms with E-state index in [0.717, 1.165) is 19.3 Å². The lowest BCUT2D eigenvalue weighted by molar-refractivity contribution is -0.143. The topological polar surface area (TPSA) is 119 Å². The van der Waals surface area contributed by atoms with Gasteiger partial charge in [-0.15, -0.1) is 0 Å². The summed E-state index contributed by atoms with van der Waals surface area (Å²) in [6.07, 6.45) is 2.91. The highest BCUT2D eigenvalue weighted by atomic mass is 16.4. The number of carboxylic acids is 1. The maximum Gasteiger partial charge on any atom is 0.320 e. The van der Waals surface area contributed by atoms with Gasteiger partial charge in [0.2, 0.25) is 0 Å². The molecule has 6 heteroatoms. The monoisotopic (exact) mass is 246 g/mol. The lowest BCUT2D eigenvalue weighted by Crippen LogP contribution is -2.43. The normalized spacial score (nSPS) is 12.9. The highest BCUT2D eigenvalue weighted by Gasteiger charge is 2.23. The molecule has 17 heavy (non-hydrogen) atoms. The standard InChI is InChI=1S/C11H26N4O2/c12-5-1-4-10(11(16)17)15(8-2-6-13)9-3-7-14/h10H,1-9,12-14H2,(H,16,17)/t10-/m0/s1. The molecule has 6 nitrogen and oxygen atoms in total. The predicted octanol–water partition coefficient (Wildman–Crippen LogP) is -0.822. The summed E-state index contributed by atoms with van der Waals surface area (Å²) in [5.74, 6) is -0.785. The Labute approximate surface area is 103 Å². The Kier molecular flexibility index (Phi) is 10.0. The van der Waals surface area contributed by atoms with Gasteiger partial charge in [-0.1, -0.05) is 0 Å². The summed E-state index contributed by atoms with van der Waals surface area (Å²) in [6.45, 7) is 3.08. The van der Waals surface area contributed by atoms with Crippen LogP contribution < -0.4 is 17.2 Å². The first-order chi connectivity index (χ1) is 8.17. The minimum absolute atomic E-state index is 0.461. The first-order valence-electron chi connectivity index (χ1n) is 6.24. The number of hydrogen-bond acceptors (Lipinski definition) is 5. The molecule has 0 spiro atoms. The molecule has 0 saturated carbocycles. The molecule has 0 radical (unpaired) electrons. The molecule has 0 aromatic heterocycles. The van der Waals surface area contributed by atoms with Gasteiger partial charge in [0.1, 0.15) is 6.04 Å². The molecule has 0 amide bonds. The summed E-state index contributed by atoms with van der Waals surface area (Å²) in [5, 5.41) is 9.22. The molecule has 0 aromatic rings. The van der Waals surface area contributed by atoms with E-state index >= 15 is 0 Å². The minimum Gasteiger partial charge on any atom is -0.480 e. The molecule has 0 unspecified atom stereocenters. The quantitative estimate of drug-likeness (QED) is 0.378. The van der Waals surface area contributed by atoms with Crippen LogP contribution >= 0.6 is 0 Å². The van der Waals surface area contributed by atoms with Crippen LogP contribution in [0.3, 0.4) is 0 Å². The van der Waals surface area contributed by atoms with Crippen LogP contribution in [0.1, 0.15) is 25.7 Å². The molecule has 0 aliphatic carbocycles. The Balaban J connectivity index is 4.37. The fourth-order valence-corrected chi connectivity index (χ4v) is 1.79. The predicted molar refractivity (Wildman–Crippen MR) is 68.6 cm³/mol. The van der Waals surface area contributed by atoms with Crippen LogP contribution in [-0.4, -0.2) is 54.7 Å². The molecule has 0 heterocycles. The zero-order valence-corrected chi connectivity index (χ0v) is 10.5. The molecule has 0 aliphatic heterocycles. The van der Waals surface area contributed by atoms with Gasteiger partial charge in [0, 0.05) is 13.1 Å². The number of carboxylic acid groups (broad SMARTS) is 1. The summed E-state index contributed by atoms with van der Waals surface area (Å²) >= 11 is 0. The average molecular weight is 246 g/mol. The van der Waals surface area contributed by atoms with E-state index in [1.807, 2.05) is 4.90 Å². The lowest BCUT2D eigenvalue weighted by atomic mass is 10.1. The van der Waals surface area contributed by atoms with Gasteiger partial charge in [-0.25, -0.2) is 0 Å². The number of rotatable bonds is 11. The van der Waals surface area contributed by atoms with Crippen molar-refractivity contribution in [3.63, 3.8) is 0 Å².